The van der Waals surface area contributed by atoms with Crippen molar-refractivity contribution >= 4 is 17.9 Å². The Kier molecular flexibility index (Phi) is 39.4. The second kappa shape index (κ2) is 40.6. The van der Waals surface area contributed by atoms with Gasteiger partial charge in [0.05, 0.1) is 0 Å². The van der Waals surface area contributed by atoms with Gasteiger partial charge in [0.2, 0.25) is 0 Å². The molecule has 0 aliphatic carbocycles. The molecule has 0 saturated heterocycles. The van der Waals surface area contributed by atoms with Crippen molar-refractivity contribution in [1.29, 1.82) is 0 Å². The van der Waals surface area contributed by atoms with Crippen LogP contribution in [0.2, 0.25) is 0 Å². The van der Waals surface area contributed by atoms with Crippen LogP contribution in [0, 0.1) is 5.92 Å². The first-order valence-electron chi connectivity index (χ1n) is 22.9. The summed E-state index contributed by atoms with van der Waals surface area (Å²) in [4.78, 5) is 37.5. The molecule has 0 rings (SSSR count). The molecule has 0 aromatic carbocycles. The van der Waals surface area contributed by atoms with Gasteiger partial charge < -0.3 is 14.2 Å². The number of unbranched alkanes of at least 4 members (excludes halogenated alkanes) is 28. The normalized spacial score (nSPS) is 11.9. The Balaban J connectivity index is 4.16. The first-order valence-corrected chi connectivity index (χ1v) is 22.9. The summed E-state index contributed by atoms with van der Waals surface area (Å²) in [6, 6.07) is 0. The molecule has 0 bridgehead atoms. The van der Waals surface area contributed by atoms with Gasteiger partial charge in [-0.05, 0) is 25.2 Å². The molecule has 0 fully saturated rings. The Morgan fingerprint density at radius 3 is 0.942 bits per heavy atom. The molecule has 0 amide bonds. The van der Waals surface area contributed by atoms with Crippen LogP contribution in [0.1, 0.15) is 252 Å². The number of carbonyl (C=O) groups excluding carboxylic acids is 3. The molecule has 308 valence electrons. The molecule has 0 aromatic rings. The van der Waals surface area contributed by atoms with E-state index in [2.05, 4.69) is 27.7 Å². The third-order valence-corrected chi connectivity index (χ3v) is 10.3. The largest absolute Gasteiger partial charge is 0.462 e. The van der Waals surface area contributed by atoms with Gasteiger partial charge in [-0.3, -0.25) is 14.4 Å². The molecule has 6 heteroatoms. The molecule has 0 aliphatic rings. The molecule has 0 aromatic heterocycles. The maximum atomic E-state index is 12.6. The molecular formula is C46H88O6. The van der Waals surface area contributed by atoms with E-state index in [-0.39, 0.29) is 31.1 Å². The van der Waals surface area contributed by atoms with Crippen molar-refractivity contribution in [3.63, 3.8) is 0 Å². The summed E-state index contributed by atoms with van der Waals surface area (Å²) in [7, 11) is 0. The zero-order chi connectivity index (χ0) is 38.2. The first-order chi connectivity index (χ1) is 25.4. The smallest absolute Gasteiger partial charge is 0.306 e. The SMILES string of the molecule is CCCCCCCCCCCC(=O)O[C@H](COC(=O)CCCCCCCCC)COC(=O)CCCCCCCCCCCCCCCCCC(C)C. The predicted octanol–water partition coefficient (Wildman–Crippen LogP) is 14.3. The van der Waals surface area contributed by atoms with Gasteiger partial charge in [0.25, 0.3) is 0 Å². The molecule has 52 heavy (non-hydrogen) atoms. The van der Waals surface area contributed by atoms with E-state index in [9.17, 15) is 14.4 Å². The van der Waals surface area contributed by atoms with E-state index in [1.54, 1.807) is 0 Å². The predicted molar refractivity (Wildman–Crippen MR) is 220 cm³/mol. The van der Waals surface area contributed by atoms with Crippen LogP contribution < -0.4 is 0 Å². The van der Waals surface area contributed by atoms with Gasteiger partial charge in [0, 0.05) is 19.3 Å². The van der Waals surface area contributed by atoms with Crippen LogP contribution in [0.15, 0.2) is 0 Å². The van der Waals surface area contributed by atoms with E-state index in [4.69, 9.17) is 14.2 Å². The lowest BCUT2D eigenvalue weighted by Crippen LogP contribution is -2.30. The molecule has 0 radical (unpaired) electrons. The van der Waals surface area contributed by atoms with Crippen LogP contribution in [0.4, 0.5) is 0 Å². The number of carbonyl (C=O) groups is 3. The minimum atomic E-state index is -0.757. The molecular weight excluding hydrogens is 649 g/mol. The highest BCUT2D eigenvalue weighted by Crippen LogP contribution is 2.16. The molecule has 0 N–H and O–H groups in total. The van der Waals surface area contributed by atoms with Gasteiger partial charge >= 0.3 is 17.9 Å². The summed E-state index contributed by atoms with van der Waals surface area (Å²) >= 11 is 0. The van der Waals surface area contributed by atoms with E-state index in [0.29, 0.717) is 19.3 Å². The Labute approximate surface area is 323 Å². The third-order valence-electron chi connectivity index (χ3n) is 10.3. The van der Waals surface area contributed by atoms with E-state index in [1.165, 1.54) is 148 Å². The topological polar surface area (TPSA) is 78.9 Å². The molecule has 1 atom stereocenters. The van der Waals surface area contributed by atoms with Gasteiger partial charge in [-0.15, -0.1) is 0 Å². The fourth-order valence-corrected chi connectivity index (χ4v) is 6.80. The fraction of sp³-hybridized carbons (Fsp3) is 0.935. The lowest BCUT2D eigenvalue weighted by molar-refractivity contribution is -0.167. The molecule has 0 aliphatic heterocycles. The van der Waals surface area contributed by atoms with Gasteiger partial charge in [0.1, 0.15) is 13.2 Å². The maximum Gasteiger partial charge on any atom is 0.306 e. The van der Waals surface area contributed by atoms with Gasteiger partial charge in [-0.25, -0.2) is 0 Å². The van der Waals surface area contributed by atoms with E-state index < -0.39 is 6.10 Å². The van der Waals surface area contributed by atoms with Crippen molar-refractivity contribution in [3.05, 3.63) is 0 Å². The van der Waals surface area contributed by atoms with Gasteiger partial charge in [-0.1, -0.05) is 214 Å². The average molecular weight is 737 g/mol. The van der Waals surface area contributed by atoms with Crippen molar-refractivity contribution in [1.82, 2.24) is 0 Å². The van der Waals surface area contributed by atoms with Crippen LogP contribution in [0.3, 0.4) is 0 Å². The Hall–Kier alpha value is -1.59. The summed E-state index contributed by atoms with van der Waals surface area (Å²) in [6.07, 6.45) is 39.6. The minimum Gasteiger partial charge on any atom is -0.462 e. The standard InChI is InChI=1S/C46H88O6/c1-5-7-9-11-13-21-27-31-35-39-46(49)52-43(40-50-44(47)37-33-29-24-12-10-8-6-2)41-51-45(48)38-34-30-26-23-20-18-16-14-15-17-19-22-25-28-32-36-42(3)4/h42-43H,5-41H2,1-4H3/t43-/m1/s1. The highest BCUT2D eigenvalue weighted by molar-refractivity contribution is 5.71. The molecule has 0 unspecified atom stereocenters. The molecule has 0 saturated carbocycles. The van der Waals surface area contributed by atoms with Crippen LogP contribution in [0.25, 0.3) is 0 Å². The highest BCUT2D eigenvalue weighted by atomic mass is 16.6. The Morgan fingerprint density at radius 1 is 0.365 bits per heavy atom. The molecule has 0 spiro atoms. The second-order valence-corrected chi connectivity index (χ2v) is 16.2. The zero-order valence-electron chi connectivity index (χ0n) is 35.3. The van der Waals surface area contributed by atoms with Crippen molar-refractivity contribution in [2.45, 2.75) is 259 Å². The third kappa shape index (κ3) is 39.6. The monoisotopic (exact) mass is 737 g/mol. The Morgan fingerprint density at radius 2 is 0.635 bits per heavy atom. The van der Waals surface area contributed by atoms with E-state index in [1.807, 2.05) is 0 Å². The quantitative estimate of drug-likeness (QED) is 0.0353. The summed E-state index contributed by atoms with van der Waals surface area (Å²) in [6.45, 7) is 8.95. The average Bonchev–Trinajstić information content (AvgIpc) is 3.12. The lowest BCUT2D eigenvalue weighted by atomic mass is 10.0. The van der Waals surface area contributed by atoms with E-state index >= 15 is 0 Å². The summed E-state index contributed by atoms with van der Waals surface area (Å²) in [5.41, 5.74) is 0. The summed E-state index contributed by atoms with van der Waals surface area (Å²) in [5, 5.41) is 0. The van der Waals surface area contributed by atoms with Gasteiger partial charge in [0.15, 0.2) is 6.10 Å². The van der Waals surface area contributed by atoms with Crippen molar-refractivity contribution in [2.24, 2.45) is 5.92 Å². The van der Waals surface area contributed by atoms with Gasteiger partial charge in [-0.2, -0.15) is 0 Å². The summed E-state index contributed by atoms with van der Waals surface area (Å²) in [5.74, 6) is -0.0136. The number of hydrogen-bond donors (Lipinski definition) is 0. The van der Waals surface area contributed by atoms with Crippen LogP contribution in [-0.4, -0.2) is 37.2 Å². The van der Waals surface area contributed by atoms with Crippen LogP contribution in [-0.2, 0) is 28.6 Å². The number of esters is 3. The Bertz CT molecular complexity index is 781. The second-order valence-electron chi connectivity index (χ2n) is 16.2. The number of hydrogen-bond acceptors (Lipinski definition) is 6. The molecule has 0 heterocycles. The molecule has 6 nitrogen and oxygen atoms in total. The van der Waals surface area contributed by atoms with Crippen LogP contribution >= 0.6 is 0 Å². The first kappa shape index (κ1) is 50.4. The van der Waals surface area contributed by atoms with Crippen LogP contribution in [0.5, 0.6) is 0 Å². The van der Waals surface area contributed by atoms with Crippen molar-refractivity contribution in [2.75, 3.05) is 13.2 Å². The minimum absolute atomic E-state index is 0.0641. The maximum absolute atomic E-state index is 12.6. The highest BCUT2D eigenvalue weighted by Gasteiger charge is 2.19. The van der Waals surface area contributed by atoms with E-state index in [0.717, 1.165) is 63.7 Å². The summed E-state index contributed by atoms with van der Waals surface area (Å²) < 4.78 is 16.6. The fourth-order valence-electron chi connectivity index (χ4n) is 6.80. The number of ether oxygens (including phenoxy) is 3. The van der Waals surface area contributed by atoms with Crippen molar-refractivity contribution < 1.29 is 28.6 Å². The zero-order valence-corrected chi connectivity index (χ0v) is 35.3. The lowest BCUT2D eigenvalue weighted by Gasteiger charge is -2.18. The number of rotatable bonds is 41. The van der Waals surface area contributed by atoms with Crippen molar-refractivity contribution in [3.8, 4) is 0 Å².